The third-order valence-electron chi connectivity index (χ3n) is 3.25. The van der Waals surface area contributed by atoms with Crippen molar-refractivity contribution in [3.05, 3.63) is 51.7 Å². The second kappa shape index (κ2) is 4.17. The van der Waals surface area contributed by atoms with Crippen LogP contribution in [-0.4, -0.2) is 0 Å². The van der Waals surface area contributed by atoms with Gasteiger partial charge in [-0.3, -0.25) is 0 Å². The maximum atomic E-state index is 6.22. The number of rotatable bonds is 1. The lowest BCUT2D eigenvalue weighted by Gasteiger charge is -2.30. The van der Waals surface area contributed by atoms with E-state index in [1.165, 1.54) is 10.4 Å². The zero-order chi connectivity index (χ0) is 11.8. The highest BCUT2D eigenvalue weighted by Crippen LogP contribution is 2.41. The largest absolute Gasteiger partial charge is 0.484 e. The Kier molecular flexibility index (Phi) is 2.65. The molecule has 88 valence electrons. The summed E-state index contributed by atoms with van der Waals surface area (Å²) in [4.78, 5) is 1.30. The standard InChI is InChI=1S/C14H15NOS/c1-9-6-7-17-14(9)13-8-11(15)10-4-2-3-5-12(10)16-13/h2-7,11,13H,8,15H2,1H3/t11-,13?/m1/s1. The van der Waals surface area contributed by atoms with Crippen LogP contribution in [0.25, 0.3) is 0 Å². The van der Waals surface area contributed by atoms with Crippen LogP contribution >= 0.6 is 11.3 Å². The highest BCUT2D eigenvalue weighted by Gasteiger charge is 2.28. The minimum atomic E-state index is 0.0754. The maximum Gasteiger partial charge on any atom is 0.135 e. The molecule has 2 heterocycles. The molecule has 0 aliphatic carbocycles. The van der Waals surface area contributed by atoms with E-state index in [4.69, 9.17) is 10.5 Å². The van der Waals surface area contributed by atoms with Crippen molar-refractivity contribution in [2.45, 2.75) is 25.5 Å². The van der Waals surface area contributed by atoms with Gasteiger partial charge in [-0.05, 0) is 30.0 Å². The van der Waals surface area contributed by atoms with Crippen molar-refractivity contribution >= 4 is 11.3 Å². The lowest BCUT2D eigenvalue weighted by Crippen LogP contribution is -2.23. The van der Waals surface area contributed by atoms with Crippen molar-refractivity contribution in [2.24, 2.45) is 5.73 Å². The quantitative estimate of drug-likeness (QED) is 0.833. The molecule has 0 saturated heterocycles. The topological polar surface area (TPSA) is 35.2 Å². The van der Waals surface area contributed by atoms with E-state index in [-0.39, 0.29) is 12.1 Å². The number of para-hydroxylation sites is 1. The van der Waals surface area contributed by atoms with Crippen molar-refractivity contribution in [3.8, 4) is 5.75 Å². The van der Waals surface area contributed by atoms with Crippen molar-refractivity contribution < 1.29 is 4.74 Å². The van der Waals surface area contributed by atoms with E-state index in [2.05, 4.69) is 24.4 Å². The summed E-state index contributed by atoms with van der Waals surface area (Å²) in [7, 11) is 0. The molecular formula is C14H15NOS. The Balaban J connectivity index is 1.96. The predicted octanol–water partition coefficient (Wildman–Crippen LogP) is 3.58. The molecule has 2 atom stereocenters. The van der Waals surface area contributed by atoms with Gasteiger partial charge in [0.15, 0.2) is 0 Å². The summed E-state index contributed by atoms with van der Waals surface area (Å²) in [5.41, 5.74) is 8.64. The Morgan fingerprint density at radius 2 is 2.12 bits per heavy atom. The molecule has 0 radical (unpaired) electrons. The highest BCUT2D eigenvalue weighted by atomic mass is 32.1. The van der Waals surface area contributed by atoms with Crippen LogP contribution in [0.15, 0.2) is 35.7 Å². The molecule has 2 aromatic rings. The molecule has 0 saturated carbocycles. The van der Waals surface area contributed by atoms with Gasteiger partial charge in [-0.1, -0.05) is 18.2 Å². The lowest BCUT2D eigenvalue weighted by atomic mass is 9.96. The number of hydrogen-bond acceptors (Lipinski definition) is 3. The highest BCUT2D eigenvalue weighted by molar-refractivity contribution is 7.10. The summed E-state index contributed by atoms with van der Waals surface area (Å²) in [6.45, 7) is 2.13. The van der Waals surface area contributed by atoms with Crippen LogP contribution in [0.5, 0.6) is 5.75 Å². The normalized spacial score (nSPS) is 22.9. The minimum absolute atomic E-state index is 0.0754. The van der Waals surface area contributed by atoms with E-state index in [1.807, 2.05) is 18.2 Å². The number of hydrogen-bond donors (Lipinski definition) is 1. The molecule has 0 bridgehead atoms. The van der Waals surface area contributed by atoms with Crippen LogP contribution < -0.4 is 10.5 Å². The summed E-state index contributed by atoms with van der Waals surface area (Å²) in [6.07, 6.45) is 0.971. The van der Waals surface area contributed by atoms with Crippen LogP contribution in [0.2, 0.25) is 0 Å². The molecule has 1 aromatic carbocycles. The fraction of sp³-hybridized carbons (Fsp3) is 0.286. The molecule has 1 aromatic heterocycles. The lowest BCUT2D eigenvalue weighted by molar-refractivity contribution is 0.164. The number of ether oxygens (including phenoxy) is 1. The summed E-state index contributed by atoms with van der Waals surface area (Å²) in [5.74, 6) is 0.934. The van der Waals surface area contributed by atoms with Crippen LogP contribution in [0.1, 0.15) is 34.6 Å². The van der Waals surface area contributed by atoms with Crippen LogP contribution in [0.3, 0.4) is 0 Å². The molecule has 0 fully saturated rings. The number of aryl methyl sites for hydroxylation is 1. The molecule has 3 heteroatoms. The van der Waals surface area contributed by atoms with Crippen molar-refractivity contribution in [1.29, 1.82) is 0 Å². The van der Waals surface area contributed by atoms with Crippen molar-refractivity contribution in [3.63, 3.8) is 0 Å². The summed E-state index contributed by atoms with van der Waals surface area (Å²) >= 11 is 1.75. The number of thiophene rings is 1. The fourth-order valence-electron chi connectivity index (χ4n) is 2.33. The summed E-state index contributed by atoms with van der Waals surface area (Å²) in [6, 6.07) is 10.3. The maximum absolute atomic E-state index is 6.22. The van der Waals surface area contributed by atoms with Gasteiger partial charge in [0.2, 0.25) is 0 Å². The first kappa shape index (κ1) is 10.8. The van der Waals surface area contributed by atoms with Gasteiger partial charge < -0.3 is 10.5 Å². The molecule has 2 N–H and O–H groups in total. The molecule has 2 nitrogen and oxygen atoms in total. The van der Waals surface area contributed by atoms with Gasteiger partial charge >= 0.3 is 0 Å². The molecule has 1 aliphatic heterocycles. The summed E-state index contributed by atoms with van der Waals surface area (Å²) in [5, 5.41) is 2.11. The van der Waals surface area contributed by atoms with E-state index in [0.29, 0.717) is 0 Å². The number of fused-ring (bicyclic) bond motifs is 1. The first-order valence-corrected chi connectivity index (χ1v) is 6.69. The van der Waals surface area contributed by atoms with Crippen LogP contribution in [0.4, 0.5) is 0 Å². The van der Waals surface area contributed by atoms with E-state index in [0.717, 1.165) is 17.7 Å². The van der Waals surface area contributed by atoms with Gasteiger partial charge in [-0.25, -0.2) is 0 Å². The first-order valence-electron chi connectivity index (χ1n) is 5.81. The molecule has 3 rings (SSSR count). The van der Waals surface area contributed by atoms with Crippen LogP contribution in [-0.2, 0) is 0 Å². The van der Waals surface area contributed by atoms with Gasteiger partial charge in [0, 0.05) is 22.9 Å². The van der Waals surface area contributed by atoms with Gasteiger partial charge in [0.1, 0.15) is 11.9 Å². The van der Waals surface area contributed by atoms with E-state index in [9.17, 15) is 0 Å². The zero-order valence-electron chi connectivity index (χ0n) is 9.72. The van der Waals surface area contributed by atoms with Crippen molar-refractivity contribution in [2.75, 3.05) is 0 Å². The Labute approximate surface area is 105 Å². The Bertz CT molecular complexity index is 535. The second-order valence-electron chi connectivity index (χ2n) is 4.45. The van der Waals surface area contributed by atoms with Gasteiger partial charge in [-0.2, -0.15) is 0 Å². The third kappa shape index (κ3) is 1.85. The molecule has 1 aliphatic rings. The van der Waals surface area contributed by atoms with E-state index < -0.39 is 0 Å². The molecule has 1 unspecified atom stereocenters. The minimum Gasteiger partial charge on any atom is -0.484 e. The smallest absolute Gasteiger partial charge is 0.135 e. The number of nitrogens with two attached hydrogens (primary N) is 1. The monoisotopic (exact) mass is 245 g/mol. The summed E-state index contributed by atoms with van der Waals surface area (Å²) < 4.78 is 6.06. The SMILES string of the molecule is Cc1ccsc1C1C[C@@H](N)c2ccccc2O1. The van der Waals surface area contributed by atoms with Gasteiger partial charge in [0.05, 0.1) is 0 Å². The molecule has 0 spiro atoms. The average Bonchev–Trinajstić information content (AvgIpc) is 2.75. The van der Waals surface area contributed by atoms with E-state index in [1.54, 1.807) is 11.3 Å². The van der Waals surface area contributed by atoms with E-state index >= 15 is 0 Å². The molecular weight excluding hydrogens is 230 g/mol. The molecule has 0 amide bonds. The number of benzene rings is 1. The zero-order valence-corrected chi connectivity index (χ0v) is 10.5. The second-order valence-corrected chi connectivity index (χ2v) is 5.40. The van der Waals surface area contributed by atoms with Crippen LogP contribution in [0, 0.1) is 6.92 Å². The first-order chi connectivity index (χ1) is 8.25. The third-order valence-corrected chi connectivity index (χ3v) is 4.36. The Morgan fingerprint density at radius 3 is 2.88 bits per heavy atom. The van der Waals surface area contributed by atoms with Gasteiger partial charge in [-0.15, -0.1) is 11.3 Å². The fourth-order valence-corrected chi connectivity index (χ4v) is 3.30. The van der Waals surface area contributed by atoms with Crippen molar-refractivity contribution in [1.82, 2.24) is 0 Å². The predicted molar refractivity (Wildman–Crippen MR) is 70.4 cm³/mol. The average molecular weight is 245 g/mol. The molecule has 17 heavy (non-hydrogen) atoms. The van der Waals surface area contributed by atoms with Gasteiger partial charge in [0.25, 0.3) is 0 Å². The Morgan fingerprint density at radius 1 is 1.29 bits per heavy atom. The Hall–Kier alpha value is -1.32.